The van der Waals surface area contributed by atoms with Crippen molar-refractivity contribution in [2.45, 2.75) is 33.4 Å². The second-order valence-corrected chi connectivity index (χ2v) is 6.26. The van der Waals surface area contributed by atoms with Crippen molar-refractivity contribution in [3.8, 4) is 11.4 Å². The molecule has 0 saturated heterocycles. The van der Waals surface area contributed by atoms with Gasteiger partial charge in [0.2, 0.25) is 0 Å². The first-order valence-corrected chi connectivity index (χ1v) is 8.18. The zero-order chi connectivity index (χ0) is 16.5. The molecule has 0 aliphatic carbocycles. The third-order valence-corrected chi connectivity index (χ3v) is 4.48. The van der Waals surface area contributed by atoms with Gasteiger partial charge in [0.1, 0.15) is 5.82 Å². The topological polar surface area (TPSA) is 70.6 Å². The molecule has 4 rings (SSSR count). The molecular weight excluding hydrogens is 300 g/mol. The SMILES string of the molecule is Cc1nc(CN2CCc3nc(-c4cccnc4)ncc3C2)[nH]c1C. The van der Waals surface area contributed by atoms with E-state index in [1.807, 2.05) is 25.3 Å². The normalized spacial score (nSPS) is 14.6. The first kappa shape index (κ1) is 15.0. The minimum absolute atomic E-state index is 0.757. The monoisotopic (exact) mass is 320 g/mol. The summed E-state index contributed by atoms with van der Waals surface area (Å²) in [4.78, 5) is 23.7. The number of aryl methyl sites for hydroxylation is 2. The standard InChI is InChI=1S/C18H20N6/c1-12-13(2)22-17(21-12)11-24-7-5-16-15(10-24)9-20-18(23-16)14-4-3-6-19-8-14/h3-4,6,8-9H,5,7,10-11H2,1-2H3,(H,21,22). The number of aromatic nitrogens is 5. The highest BCUT2D eigenvalue weighted by atomic mass is 15.2. The summed E-state index contributed by atoms with van der Waals surface area (Å²) >= 11 is 0. The fourth-order valence-corrected chi connectivity index (χ4v) is 3.05. The van der Waals surface area contributed by atoms with Crippen molar-refractivity contribution in [1.82, 2.24) is 29.8 Å². The number of aromatic amines is 1. The lowest BCUT2D eigenvalue weighted by molar-refractivity contribution is 0.237. The molecule has 3 aromatic rings. The lowest BCUT2D eigenvalue weighted by atomic mass is 10.1. The molecule has 0 aromatic carbocycles. The second-order valence-electron chi connectivity index (χ2n) is 6.26. The van der Waals surface area contributed by atoms with Crippen molar-refractivity contribution >= 4 is 0 Å². The number of fused-ring (bicyclic) bond motifs is 1. The summed E-state index contributed by atoms with van der Waals surface area (Å²) in [6.07, 6.45) is 6.45. The summed E-state index contributed by atoms with van der Waals surface area (Å²) in [5.74, 6) is 1.79. The van der Waals surface area contributed by atoms with Crippen molar-refractivity contribution in [2.24, 2.45) is 0 Å². The highest BCUT2D eigenvalue weighted by molar-refractivity contribution is 5.53. The van der Waals surface area contributed by atoms with E-state index in [2.05, 4.69) is 31.8 Å². The van der Waals surface area contributed by atoms with Crippen molar-refractivity contribution in [1.29, 1.82) is 0 Å². The lowest BCUT2D eigenvalue weighted by Gasteiger charge is -2.27. The average molecular weight is 320 g/mol. The van der Waals surface area contributed by atoms with E-state index in [4.69, 9.17) is 4.98 Å². The fraction of sp³-hybridized carbons (Fsp3) is 0.333. The zero-order valence-corrected chi connectivity index (χ0v) is 14.0. The molecule has 122 valence electrons. The number of nitrogens with one attached hydrogen (secondary N) is 1. The predicted molar refractivity (Wildman–Crippen MR) is 91.1 cm³/mol. The fourth-order valence-electron chi connectivity index (χ4n) is 3.05. The summed E-state index contributed by atoms with van der Waals surface area (Å²) in [5.41, 5.74) is 5.53. The highest BCUT2D eigenvalue weighted by Gasteiger charge is 2.20. The quantitative estimate of drug-likeness (QED) is 0.802. The highest BCUT2D eigenvalue weighted by Crippen LogP contribution is 2.21. The number of hydrogen-bond acceptors (Lipinski definition) is 5. The Bertz CT molecular complexity index is 836. The van der Waals surface area contributed by atoms with Crippen molar-refractivity contribution < 1.29 is 0 Å². The van der Waals surface area contributed by atoms with Crippen LogP contribution in [0.2, 0.25) is 0 Å². The molecule has 1 aliphatic heterocycles. The molecule has 4 heterocycles. The maximum atomic E-state index is 4.74. The predicted octanol–water partition coefficient (Wildman–Crippen LogP) is 2.44. The molecular formula is C18H20N6. The molecule has 0 spiro atoms. The van der Waals surface area contributed by atoms with Gasteiger partial charge in [-0.2, -0.15) is 0 Å². The number of pyridine rings is 1. The van der Waals surface area contributed by atoms with Crippen molar-refractivity contribution in [2.75, 3.05) is 6.54 Å². The largest absolute Gasteiger partial charge is 0.345 e. The van der Waals surface area contributed by atoms with Crippen LogP contribution in [0, 0.1) is 13.8 Å². The van der Waals surface area contributed by atoms with Gasteiger partial charge >= 0.3 is 0 Å². The van der Waals surface area contributed by atoms with E-state index in [9.17, 15) is 0 Å². The van der Waals surface area contributed by atoms with Crippen LogP contribution < -0.4 is 0 Å². The number of rotatable bonds is 3. The van der Waals surface area contributed by atoms with Crippen LogP contribution in [0.3, 0.4) is 0 Å². The third-order valence-electron chi connectivity index (χ3n) is 4.48. The Balaban J connectivity index is 1.51. The molecule has 6 heteroatoms. The van der Waals surface area contributed by atoms with Gasteiger partial charge in [0.05, 0.1) is 17.9 Å². The molecule has 6 nitrogen and oxygen atoms in total. The maximum Gasteiger partial charge on any atom is 0.160 e. The number of hydrogen-bond donors (Lipinski definition) is 1. The van der Waals surface area contributed by atoms with Crippen LogP contribution in [-0.4, -0.2) is 36.4 Å². The van der Waals surface area contributed by atoms with Gasteiger partial charge in [0, 0.05) is 54.9 Å². The Labute approximate surface area is 141 Å². The van der Waals surface area contributed by atoms with E-state index in [1.165, 1.54) is 5.56 Å². The molecule has 0 atom stereocenters. The third kappa shape index (κ3) is 2.92. The van der Waals surface area contributed by atoms with Gasteiger partial charge in [-0.15, -0.1) is 0 Å². The van der Waals surface area contributed by atoms with Crippen LogP contribution in [0.4, 0.5) is 0 Å². The van der Waals surface area contributed by atoms with Crippen LogP contribution in [0.15, 0.2) is 30.7 Å². The Hall–Kier alpha value is -2.60. The van der Waals surface area contributed by atoms with Gasteiger partial charge in [0.25, 0.3) is 0 Å². The minimum Gasteiger partial charge on any atom is -0.345 e. The summed E-state index contributed by atoms with van der Waals surface area (Å²) < 4.78 is 0. The first-order chi connectivity index (χ1) is 11.7. The smallest absolute Gasteiger partial charge is 0.160 e. The number of H-pyrrole nitrogens is 1. The molecule has 0 fully saturated rings. The van der Waals surface area contributed by atoms with E-state index < -0.39 is 0 Å². The lowest BCUT2D eigenvalue weighted by Crippen LogP contribution is -2.31. The van der Waals surface area contributed by atoms with Gasteiger partial charge in [-0.1, -0.05) is 0 Å². The minimum atomic E-state index is 0.757. The van der Waals surface area contributed by atoms with Gasteiger partial charge in [-0.25, -0.2) is 15.0 Å². The molecule has 0 unspecified atom stereocenters. The molecule has 24 heavy (non-hydrogen) atoms. The second kappa shape index (κ2) is 6.13. The zero-order valence-electron chi connectivity index (χ0n) is 14.0. The van der Waals surface area contributed by atoms with Crippen LogP contribution in [-0.2, 0) is 19.5 Å². The van der Waals surface area contributed by atoms with Crippen molar-refractivity contribution in [3.05, 3.63) is 59.2 Å². The maximum absolute atomic E-state index is 4.74. The molecule has 3 aromatic heterocycles. The van der Waals surface area contributed by atoms with E-state index in [-0.39, 0.29) is 0 Å². The van der Waals surface area contributed by atoms with Gasteiger partial charge in [0.15, 0.2) is 5.82 Å². The Morgan fingerprint density at radius 3 is 2.88 bits per heavy atom. The van der Waals surface area contributed by atoms with E-state index in [1.54, 1.807) is 12.4 Å². The van der Waals surface area contributed by atoms with E-state index in [0.29, 0.717) is 0 Å². The molecule has 1 aliphatic rings. The molecule has 1 N–H and O–H groups in total. The van der Waals surface area contributed by atoms with Crippen molar-refractivity contribution in [3.63, 3.8) is 0 Å². The van der Waals surface area contributed by atoms with Gasteiger partial charge < -0.3 is 4.98 Å². The summed E-state index contributed by atoms with van der Waals surface area (Å²) in [5, 5.41) is 0. The first-order valence-electron chi connectivity index (χ1n) is 8.18. The van der Waals surface area contributed by atoms with Crippen LogP contribution in [0.1, 0.15) is 28.5 Å². The Morgan fingerprint density at radius 2 is 2.12 bits per heavy atom. The van der Waals surface area contributed by atoms with Gasteiger partial charge in [-0.05, 0) is 26.0 Å². The van der Waals surface area contributed by atoms with Crippen LogP contribution in [0.5, 0.6) is 0 Å². The molecule has 0 radical (unpaired) electrons. The summed E-state index contributed by atoms with van der Waals surface area (Å²) in [7, 11) is 0. The van der Waals surface area contributed by atoms with E-state index in [0.717, 1.165) is 60.3 Å². The number of imidazole rings is 1. The van der Waals surface area contributed by atoms with Crippen LogP contribution >= 0.6 is 0 Å². The molecule has 0 bridgehead atoms. The summed E-state index contributed by atoms with van der Waals surface area (Å²) in [6.45, 7) is 6.77. The average Bonchev–Trinajstić information content (AvgIpc) is 2.92. The van der Waals surface area contributed by atoms with E-state index >= 15 is 0 Å². The summed E-state index contributed by atoms with van der Waals surface area (Å²) in [6, 6.07) is 3.90. The number of nitrogens with zero attached hydrogens (tertiary/aromatic N) is 5. The van der Waals surface area contributed by atoms with Gasteiger partial charge in [-0.3, -0.25) is 9.88 Å². The Morgan fingerprint density at radius 1 is 1.21 bits per heavy atom. The Kier molecular flexibility index (Phi) is 3.82. The molecule has 0 amide bonds. The van der Waals surface area contributed by atoms with Crippen LogP contribution in [0.25, 0.3) is 11.4 Å². The molecule has 0 saturated carbocycles.